The second kappa shape index (κ2) is 6.69. The predicted molar refractivity (Wildman–Crippen MR) is 77.9 cm³/mol. The van der Waals surface area contributed by atoms with Gasteiger partial charge in [-0.15, -0.1) is 0 Å². The van der Waals surface area contributed by atoms with E-state index in [1.165, 1.54) is 12.5 Å². The first-order valence-corrected chi connectivity index (χ1v) is 7.38. The summed E-state index contributed by atoms with van der Waals surface area (Å²) in [6.45, 7) is 8.45. The van der Waals surface area contributed by atoms with Gasteiger partial charge in [0.1, 0.15) is 5.82 Å². The van der Waals surface area contributed by atoms with E-state index in [1.54, 1.807) is 6.07 Å². The molecular weight excluding hydrogens is 263 g/mol. The molecule has 0 aliphatic carbocycles. The fourth-order valence-electron chi connectivity index (χ4n) is 2.67. The Morgan fingerprint density at radius 1 is 1.53 bits per heavy atom. The minimum atomic E-state index is -0.343. The van der Waals surface area contributed by atoms with Gasteiger partial charge >= 0.3 is 0 Å². The molecule has 2 rings (SSSR count). The Hall–Kier alpha value is -0.640. The van der Waals surface area contributed by atoms with Crippen LogP contribution in [0.15, 0.2) is 18.2 Å². The van der Waals surface area contributed by atoms with Gasteiger partial charge in [0, 0.05) is 32.2 Å². The van der Waals surface area contributed by atoms with Gasteiger partial charge in [-0.1, -0.05) is 37.9 Å². The zero-order chi connectivity index (χ0) is 13.8. The van der Waals surface area contributed by atoms with E-state index in [9.17, 15) is 4.39 Å². The number of rotatable bonds is 4. The summed E-state index contributed by atoms with van der Waals surface area (Å²) in [6.07, 6.45) is 1.17. The molecule has 1 heterocycles. The van der Waals surface area contributed by atoms with Crippen molar-refractivity contribution in [1.82, 2.24) is 10.2 Å². The quantitative estimate of drug-likeness (QED) is 0.913. The molecule has 2 atom stereocenters. The van der Waals surface area contributed by atoms with Crippen molar-refractivity contribution in [2.75, 3.05) is 19.6 Å². The molecule has 1 saturated heterocycles. The van der Waals surface area contributed by atoms with E-state index >= 15 is 0 Å². The van der Waals surface area contributed by atoms with Crippen molar-refractivity contribution < 1.29 is 4.39 Å². The average Bonchev–Trinajstić information content (AvgIpc) is 2.43. The largest absolute Gasteiger partial charge is 0.314 e. The summed E-state index contributed by atoms with van der Waals surface area (Å²) in [5.74, 6) is 0.313. The number of nitrogens with one attached hydrogen (secondary N) is 1. The third-order valence-electron chi connectivity index (χ3n) is 4.07. The maximum atomic E-state index is 13.2. The summed E-state index contributed by atoms with van der Waals surface area (Å²) in [6, 6.07) is 5.57. The number of benzene rings is 1. The standard InChI is InChI=1S/C15H22ClFN2/c1-3-11(2)15-9-18-6-7-19(15)10-12-4-5-14(17)13(16)8-12/h4-5,8,11,15,18H,3,6-7,9-10H2,1-2H3. The van der Waals surface area contributed by atoms with Crippen LogP contribution in [0.5, 0.6) is 0 Å². The van der Waals surface area contributed by atoms with E-state index in [0.29, 0.717) is 12.0 Å². The van der Waals surface area contributed by atoms with E-state index in [-0.39, 0.29) is 10.8 Å². The third-order valence-corrected chi connectivity index (χ3v) is 4.36. The first kappa shape index (κ1) is 14.8. The van der Waals surface area contributed by atoms with E-state index in [1.807, 2.05) is 6.07 Å². The van der Waals surface area contributed by atoms with Gasteiger partial charge in [-0.2, -0.15) is 0 Å². The van der Waals surface area contributed by atoms with Crippen LogP contribution in [0.1, 0.15) is 25.8 Å². The molecule has 0 saturated carbocycles. The van der Waals surface area contributed by atoms with Crippen LogP contribution in [0.25, 0.3) is 0 Å². The molecular formula is C15H22ClFN2. The summed E-state index contributed by atoms with van der Waals surface area (Å²) < 4.78 is 13.2. The molecule has 1 N–H and O–H groups in total. The maximum absolute atomic E-state index is 13.2. The lowest BCUT2D eigenvalue weighted by Gasteiger charge is -2.39. The number of hydrogen-bond acceptors (Lipinski definition) is 2. The Labute approximate surface area is 119 Å². The van der Waals surface area contributed by atoms with E-state index in [2.05, 4.69) is 24.1 Å². The summed E-state index contributed by atoms with van der Waals surface area (Å²) in [4.78, 5) is 2.48. The number of hydrogen-bond donors (Lipinski definition) is 1. The zero-order valence-corrected chi connectivity index (χ0v) is 12.4. The first-order valence-electron chi connectivity index (χ1n) is 7.00. The molecule has 0 spiro atoms. The van der Waals surface area contributed by atoms with Gasteiger partial charge in [-0.05, 0) is 23.6 Å². The Morgan fingerprint density at radius 3 is 3.00 bits per heavy atom. The van der Waals surface area contributed by atoms with Crippen molar-refractivity contribution in [3.05, 3.63) is 34.6 Å². The van der Waals surface area contributed by atoms with Crippen molar-refractivity contribution >= 4 is 11.6 Å². The van der Waals surface area contributed by atoms with Crippen molar-refractivity contribution in [3.8, 4) is 0 Å². The second-order valence-electron chi connectivity index (χ2n) is 5.38. The summed E-state index contributed by atoms with van der Waals surface area (Å²) in [5, 5.41) is 3.67. The fraction of sp³-hybridized carbons (Fsp3) is 0.600. The third kappa shape index (κ3) is 3.68. The minimum absolute atomic E-state index is 0.215. The van der Waals surface area contributed by atoms with Crippen LogP contribution in [0.3, 0.4) is 0 Å². The van der Waals surface area contributed by atoms with Gasteiger partial charge in [-0.25, -0.2) is 4.39 Å². The molecule has 1 aromatic carbocycles. The van der Waals surface area contributed by atoms with Gasteiger partial charge in [0.15, 0.2) is 0 Å². The zero-order valence-electron chi connectivity index (χ0n) is 11.6. The van der Waals surface area contributed by atoms with Gasteiger partial charge < -0.3 is 5.32 Å². The van der Waals surface area contributed by atoms with Crippen LogP contribution in [0.2, 0.25) is 5.02 Å². The van der Waals surface area contributed by atoms with Gasteiger partial charge in [0.25, 0.3) is 0 Å². The molecule has 1 fully saturated rings. The lowest BCUT2D eigenvalue weighted by Crippen LogP contribution is -2.53. The molecule has 0 bridgehead atoms. The molecule has 1 aromatic rings. The summed E-state index contributed by atoms with van der Waals surface area (Å²) in [5.41, 5.74) is 1.08. The van der Waals surface area contributed by atoms with Gasteiger partial charge in [-0.3, -0.25) is 4.90 Å². The SMILES string of the molecule is CCC(C)C1CNCCN1Cc1ccc(F)c(Cl)c1. The molecule has 0 aromatic heterocycles. The predicted octanol–water partition coefficient (Wildman–Crippen LogP) is 3.30. The van der Waals surface area contributed by atoms with Crippen molar-refractivity contribution in [2.24, 2.45) is 5.92 Å². The summed E-state index contributed by atoms with van der Waals surface area (Å²) in [7, 11) is 0. The Balaban J connectivity index is 2.08. The average molecular weight is 285 g/mol. The molecule has 1 aliphatic heterocycles. The molecule has 2 unspecified atom stereocenters. The Kier molecular flexibility index (Phi) is 5.20. The number of halogens is 2. The highest BCUT2D eigenvalue weighted by Crippen LogP contribution is 2.21. The van der Waals surface area contributed by atoms with E-state index in [4.69, 9.17) is 11.6 Å². The van der Waals surface area contributed by atoms with Gasteiger partial charge in [0.05, 0.1) is 5.02 Å². The lowest BCUT2D eigenvalue weighted by atomic mass is 9.95. The van der Waals surface area contributed by atoms with Crippen LogP contribution < -0.4 is 5.32 Å². The lowest BCUT2D eigenvalue weighted by molar-refractivity contribution is 0.109. The molecule has 106 valence electrons. The minimum Gasteiger partial charge on any atom is -0.314 e. The Morgan fingerprint density at radius 2 is 2.32 bits per heavy atom. The highest BCUT2D eigenvalue weighted by Gasteiger charge is 2.26. The highest BCUT2D eigenvalue weighted by atomic mass is 35.5. The van der Waals surface area contributed by atoms with Gasteiger partial charge in [0.2, 0.25) is 0 Å². The number of piperazine rings is 1. The smallest absolute Gasteiger partial charge is 0.141 e. The van der Waals surface area contributed by atoms with Crippen LogP contribution in [-0.4, -0.2) is 30.6 Å². The molecule has 2 nitrogen and oxygen atoms in total. The first-order chi connectivity index (χ1) is 9.11. The van der Waals surface area contributed by atoms with Crippen molar-refractivity contribution in [3.63, 3.8) is 0 Å². The molecule has 19 heavy (non-hydrogen) atoms. The van der Waals surface area contributed by atoms with Crippen molar-refractivity contribution in [1.29, 1.82) is 0 Å². The van der Waals surface area contributed by atoms with E-state index in [0.717, 1.165) is 31.7 Å². The molecule has 0 radical (unpaired) electrons. The topological polar surface area (TPSA) is 15.3 Å². The summed E-state index contributed by atoms with van der Waals surface area (Å²) >= 11 is 5.85. The van der Waals surface area contributed by atoms with Crippen LogP contribution >= 0.6 is 11.6 Å². The van der Waals surface area contributed by atoms with Crippen molar-refractivity contribution in [2.45, 2.75) is 32.9 Å². The number of nitrogens with zero attached hydrogens (tertiary/aromatic N) is 1. The Bertz CT molecular complexity index is 425. The highest BCUT2D eigenvalue weighted by molar-refractivity contribution is 6.30. The van der Waals surface area contributed by atoms with Crippen LogP contribution in [0, 0.1) is 11.7 Å². The second-order valence-corrected chi connectivity index (χ2v) is 5.78. The fourth-order valence-corrected chi connectivity index (χ4v) is 2.87. The molecule has 4 heteroatoms. The molecule has 1 aliphatic rings. The monoisotopic (exact) mass is 284 g/mol. The maximum Gasteiger partial charge on any atom is 0.141 e. The molecule has 0 amide bonds. The normalized spacial score (nSPS) is 22.4. The van der Waals surface area contributed by atoms with E-state index < -0.39 is 0 Å². The van der Waals surface area contributed by atoms with Crippen LogP contribution in [0.4, 0.5) is 4.39 Å². The van der Waals surface area contributed by atoms with Crippen LogP contribution in [-0.2, 0) is 6.54 Å².